The van der Waals surface area contributed by atoms with E-state index in [1.807, 2.05) is 6.92 Å². The van der Waals surface area contributed by atoms with Gasteiger partial charge in [-0.15, -0.1) is 0 Å². The molecule has 2 aliphatic rings. The summed E-state index contributed by atoms with van der Waals surface area (Å²) in [7, 11) is -7.16. The number of rotatable bonds is 3. The molecule has 1 unspecified atom stereocenters. The standard InChI is InChI=1S/C14H20N2O4S2/c1-2-15-7-9-16(10-8-15)22(19,20)14-11-21(17,18)13-6-4-3-5-12(13)14/h3-6,14H,2,7-11H2,1H3. The Balaban J connectivity index is 1.92. The van der Waals surface area contributed by atoms with E-state index in [1.165, 1.54) is 10.4 Å². The van der Waals surface area contributed by atoms with Gasteiger partial charge < -0.3 is 4.90 Å². The maximum absolute atomic E-state index is 12.9. The number of sulfone groups is 1. The van der Waals surface area contributed by atoms with Gasteiger partial charge in [-0.3, -0.25) is 0 Å². The van der Waals surface area contributed by atoms with E-state index in [2.05, 4.69) is 4.90 Å². The van der Waals surface area contributed by atoms with Crippen molar-refractivity contribution < 1.29 is 16.8 Å². The minimum Gasteiger partial charge on any atom is -0.301 e. The van der Waals surface area contributed by atoms with Crippen LogP contribution in [0.3, 0.4) is 0 Å². The second-order valence-corrected chi connectivity index (χ2v) is 9.80. The Morgan fingerprint density at radius 1 is 1.14 bits per heavy atom. The summed E-state index contributed by atoms with van der Waals surface area (Å²) >= 11 is 0. The molecule has 8 heteroatoms. The largest absolute Gasteiger partial charge is 0.301 e. The Kier molecular flexibility index (Phi) is 4.05. The molecular weight excluding hydrogens is 324 g/mol. The monoisotopic (exact) mass is 344 g/mol. The highest BCUT2D eigenvalue weighted by Crippen LogP contribution is 2.39. The molecule has 0 amide bonds. The van der Waals surface area contributed by atoms with Gasteiger partial charge >= 0.3 is 0 Å². The molecule has 6 nitrogen and oxygen atoms in total. The van der Waals surface area contributed by atoms with Crippen LogP contribution in [0.5, 0.6) is 0 Å². The number of fused-ring (bicyclic) bond motifs is 1. The number of benzene rings is 1. The molecular formula is C14H20N2O4S2. The molecule has 1 saturated heterocycles. The lowest BCUT2D eigenvalue weighted by molar-refractivity contribution is 0.195. The van der Waals surface area contributed by atoms with Crippen LogP contribution in [0.1, 0.15) is 17.7 Å². The lowest BCUT2D eigenvalue weighted by atomic mass is 10.2. The topological polar surface area (TPSA) is 74.8 Å². The number of nitrogens with zero attached hydrogens (tertiary/aromatic N) is 2. The lowest BCUT2D eigenvalue weighted by Crippen LogP contribution is -2.49. The zero-order valence-corrected chi connectivity index (χ0v) is 14.1. The molecule has 0 saturated carbocycles. The summed E-state index contributed by atoms with van der Waals surface area (Å²) in [5.74, 6) is -0.345. The first-order chi connectivity index (χ1) is 10.4. The highest BCUT2D eigenvalue weighted by Gasteiger charge is 2.44. The van der Waals surface area contributed by atoms with Gasteiger partial charge in [0.05, 0.1) is 10.6 Å². The van der Waals surface area contributed by atoms with Gasteiger partial charge in [0.2, 0.25) is 10.0 Å². The molecule has 22 heavy (non-hydrogen) atoms. The third kappa shape index (κ3) is 2.58. The van der Waals surface area contributed by atoms with Gasteiger partial charge in [0.1, 0.15) is 5.25 Å². The van der Waals surface area contributed by atoms with Crippen LogP contribution >= 0.6 is 0 Å². The number of hydrogen-bond donors (Lipinski definition) is 0. The summed E-state index contributed by atoms with van der Waals surface area (Å²) in [6.07, 6.45) is 0. The fraction of sp³-hybridized carbons (Fsp3) is 0.571. The van der Waals surface area contributed by atoms with Gasteiger partial charge in [-0.2, -0.15) is 4.31 Å². The first-order valence-corrected chi connectivity index (χ1v) is 10.5. The maximum Gasteiger partial charge on any atom is 0.222 e. The van der Waals surface area contributed by atoms with E-state index in [4.69, 9.17) is 0 Å². The Morgan fingerprint density at radius 3 is 2.41 bits per heavy atom. The zero-order chi connectivity index (χ0) is 16.0. The van der Waals surface area contributed by atoms with Gasteiger partial charge in [-0.1, -0.05) is 25.1 Å². The first kappa shape index (κ1) is 15.9. The molecule has 0 spiro atoms. The highest BCUT2D eigenvalue weighted by atomic mass is 32.2. The van der Waals surface area contributed by atoms with Crippen molar-refractivity contribution >= 4 is 19.9 Å². The van der Waals surface area contributed by atoms with Crippen LogP contribution in [0, 0.1) is 0 Å². The summed E-state index contributed by atoms with van der Waals surface area (Å²) < 4.78 is 51.6. The fourth-order valence-corrected chi connectivity index (χ4v) is 7.61. The van der Waals surface area contributed by atoms with Crippen molar-refractivity contribution in [3.05, 3.63) is 29.8 Å². The summed E-state index contributed by atoms with van der Waals surface area (Å²) in [4.78, 5) is 2.35. The Bertz CT molecular complexity index is 766. The molecule has 1 aromatic carbocycles. The molecule has 0 N–H and O–H groups in total. The molecule has 2 aliphatic heterocycles. The molecule has 0 radical (unpaired) electrons. The molecule has 0 aliphatic carbocycles. The van der Waals surface area contributed by atoms with E-state index < -0.39 is 25.1 Å². The molecule has 3 rings (SSSR count). The number of likely N-dealkylation sites (N-methyl/N-ethyl adjacent to an activating group) is 1. The minimum absolute atomic E-state index is 0.163. The van der Waals surface area contributed by atoms with E-state index in [0.29, 0.717) is 31.7 Å². The summed E-state index contributed by atoms with van der Waals surface area (Å²) in [5.41, 5.74) is 0.417. The third-order valence-electron chi connectivity index (χ3n) is 4.47. The van der Waals surface area contributed by atoms with Crippen LogP contribution in [0.25, 0.3) is 0 Å². The quantitative estimate of drug-likeness (QED) is 0.797. The molecule has 1 fully saturated rings. The third-order valence-corrected chi connectivity index (χ3v) is 8.72. The summed E-state index contributed by atoms with van der Waals surface area (Å²) in [6, 6.07) is 6.43. The van der Waals surface area contributed by atoms with E-state index in [0.717, 1.165) is 6.54 Å². The summed E-state index contributed by atoms with van der Waals surface area (Å²) in [6.45, 7) is 5.18. The SMILES string of the molecule is CCN1CCN(S(=O)(=O)C2CS(=O)(=O)c3ccccc32)CC1. The van der Waals surface area contributed by atoms with Crippen molar-refractivity contribution in [3.63, 3.8) is 0 Å². The van der Waals surface area contributed by atoms with Gasteiger partial charge in [0, 0.05) is 26.2 Å². The van der Waals surface area contributed by atoms with Gasteiger partial charge in [0.25, 0.3) is 0 Å². The zero-order valence-electron chi connectivity index (χ0n) is 12.5. The molecule has 1 atom stereocenters. The van der Waals surface area contributed by atoms with Crippen molar-refractivity contribution in [1.29, 1.82) is 0 Å². The van der Waals surface area contributed by atoms with Crippen molar-refractivity contribution in [2.45, 2.75) is 17.1 Å². The van der Waals surface area contributed by atoms with Crippen LogP contribution in [0.4, 0.5) is 0 Å². The maximum atomic E-state index is 12.9. The average Bonchev–Trinajstić information content (AvgIpc) is 2.80. The summed E-state index contributed by atoms with van der Waals surface area (Å²) in [5, 5.41) is -0.970. The number of piperazine rings is 1. The van der Waals surface area contributed by atoms with Crippen LogP contribution in [0.2, 0.25) is 0 Å². The average molecular weight is 344 g/mol. The molecule has 2 heterocycles. The van der Waals surface area contributed by atoms with Gasteiger partial charge in [-0.05, 0) is 18.2 Å². The normalized spacial score (nSPS) is 26.0. The molecule has 0 bridgehead atoms. The van der Waals surface area contributed by atoms with E-state index in [9.17, 15) is 16.8 Å². The molecule has 1 aromatic rings. The predicted octanol–water partition coefficient (Wildman–Crippen LogP) is 0.482. The predicted molar refractivity (Wildman–Crippen MR) is 83.8 cm³/mol. The number of hydrogen-bond acceptors (Lipinski definition) is 5. The van der Waals surface area contributed by atoms with Crippen LogP contribution in [-0.2, 0) is 19.9 Å². The van der Waals surface area contributed by atoms with Crippen molar-refractivity contribution in [1.82, 2.24) is 9.21 Å². The number of sulfonamides is 1. The minimum atomic E-state index is -3.65. The van der Waals surface area contributed by atoms with Crippen LogP contribution in [-0.4, -0.2) is 64.5 Å². The van der Waals surface area contributed by atoms with E-state index in [1.54, 1.807) is 18.2 Å². The van der Waals surface area contributed by atoms with Gasteiger partial charge in [-0.25, -0.2) is 16.8 Å². The van der Waals surface area contributed by atoms with E-state index >= 15 is 0 Å². The first-order valence-electron chi connectivity index (χ1n) is 7.39. The lowest BCUT2D eigenvalue weighted by Gasteiger charge is -2.34. The second kappa shape index (κ2) is 5.59. The van der Waals surface area contributed by atoms with Crippen molar-refractivity contribution in [2.75, 3.05) is 38.5 Å². The highest BCUT2D eigenvalue weighted by molar-refractivity contribution is 7.95. The Morgan fingerprint density at radius 2 is 1.77 bits per heavy atom. The fourth-order valence-electron chi connectivity index (χ4n) is 3.14. The molecule has 122 valence electrons. The van der Waals surface area contributed by atoms with E-state index in [-0.39, 0.29) is 10.6 Å². The Labute approximate surface area is 131 Å². The van der Waals surface area contributed by atoms with Crippen molar-refractivity contribution in [2.24, 2.45) is 0 Å². The molecule has 0 aromatic heterocycles. The smallest absolute Gasteiger partial charge is 0.222 e. The van der Waals surface area contributed by atoms with Crippen LogP contribution < -0.4 is 0 Å². The van der Waals surface area contributed by atoms with Gasteiger partial charge in [0.15, 0.2) is 9.84 Å². The Hall–Kier alpha value is -0.960. The second-order valence-electron chi connectivity index (χ2n) is 5.69. The van der Waals surface area contributed by atoms with Crippen molar-refractivity contribution in [3.8, 4) is 0 Å². The van der Waals surface area contributed by atoms with Crippen LogP contribution in [0.15, 0.2) is 29.2 Å².